The summed E-state index contributed by atoms with van der Waals surface area (Å²) in [6, 6.07) is 7.35. The minimum absolute atomic E-state index is 0.214. The number of thiophene rings is 1. The molecule has 1 aromatic heterocycles. The standard InChI is InChI=1S/C14H13BO4S2/c1-7-12-8(4-3-5-10(12)15(18)19-7)9-6-11(13(16)17)21-14(9)20-2/h3-7,18H,1-2H3,(H,16,17). The van der Waals surface area contributed by atoms with E-state index in [1.165, 1.54) is 23.1 Å². The van der Waals surface area contributed by atoms with Crippen LogP contribution in [-0.2, 0) is 4.65 Å². The molecular formula is C14H13BO4S2. The van der Waals surface area contributed by atoms with Crippen LogP contribution in [0.3, 0.4) is 0 Å². The first-order valence-corrected chi connectivity index (χ1v) is 8.45. The molecule has 0 spiro atoms. The fraction of sp³-hybridized carbons (Fsp3) is 0.214. The van der Waals surface area contributed by atoms with Gasteiger partial charge in [0.25, 0.3) is 0 Å². The van der Waals surface area contributed by atoms with Gasteiger partial charge in [0.1, 0.15) is 4.88 Å². The Morgan fingerprint density at radius 3 is 2.86 bits per heavy atom. The lowest BCUT2D eigenvalue weighted by atomic mass is 9.77. The fourth-order valence-corrected chi connectivity index (χ4v) is 4.37. The molecule has 7 heteroatoms. The van der Waals surface area contributed by atoms with Gasteiger partial charge in [0.2, 0.25) is 0 Å². The lowest BCUT2D eigenvalue weighted by Gasteiger charge is -2.11. The van der Waals surface area contributed by atoms with Gasteiger partial charge in [-0.1, -0.05) is 18.2 Å². The Morgan fingerprint density at radius 2 is 2.19 bits per heavy atom. The highest BCUT2D eigenvalue weighted by molar-refractivity contribution is 8.00. The third-order valence-electron chi connectivity index (χ3n) is 3.53. The van der Waals surface area contributed by atoms with Crippen LogP contribution in [0.5, 0.6) is 0 Å². The Bertz CT molecular complexity index is 713. The van der Waals surface area contributed by atoms with Gasteiger partial charge in [0, 0.05) is 5.56 Å². The summed E-state index contributed by atoms with van der Waals surface area (Å²) < 4.78 is 6.41. The van der Waals surface area contributed by atoms with Crippen LogP contribution < -0.4 is 5.46 Å². The fourth-order valence-electron chi connectivity index (χ4n) is 2.64. The number of fused-ring (bicyclic) bond motifs is 1. The highest BCUT2D eigenvalue weighted by Gasteiger charge is 2.35. The van der Waals surface area contributed by atoms with Crippen LogP contribution in [0.1, 0.15) is 28.3 Å². The number of carboxylic acids is 1. The Balaban J connectivity index is 2.21. The van der Waals surface area contributed by atoms with Crippen LogP contribution in [0, 0.1) is 0 Å². The number of aromatic carboxylic acids is 1. The van der Waals surface area contributed by atoms with Crippen LogP contribution in [0.15, 0.2) is 28.5 Å². The van der Waals surface area contributed by atoms with E-state index < -0.39 is 13.1 Å². The van der Waals surface area contributed by atoms with Crippen molar-refractivity contribution in [2.24, 2.45) is 0 Å². The Labute approximate surface area is 130 Å². The molecule has 2 heterocycles. The molecule has 21 heavy (non-hydrogen) atoms. The minimum atomic E-state index is -0.918. The Hall–Kier alpha value is -1.28. The van der Waals surface area contributed by atoms with Gasteiger partial charge in [-0.15, -0.1) is 23.1 Å². The summed E-state index contributed by atoms with van der Waals surface area (Å²) in [5, 5.41) is 19.1. The molecule has 0 fully saturated rings. The van der Waals surface area contributed by atoms with Gasteiger partial charge < -0.3 is 14.8 Å². The van der Waals surface area contributed by atoms with Gasteiger partial charge >= 0.3 is 13.1 Å². The van der Waals surface area contributed by atoms with Crippen molar-refractivity contribution in [3.63, 3.8) is 0 Å². The Kier molecular flexibility index (Phi) is 3.83. The van der Waals surface area contributed by atoms with Crippen molar-refractivity contribution in [1.29, 1.82) is 0 Å². The zero-order valence-corrected chi connectivity index (χ0v) is 13.1. The van der Waals surface area contributed by atoms with E-state index in [1.807, 2.05) is 31.4 Å². The van der Waals surface area contributed by atoms with Gasteiger partial charge in [-0.3, -0.25) is 0 Å². The average molecular weight is 320 g/mol. The van der Waals surface area contributed by atoms with Gasteiger partial charge in [-0.25, -0.2) is 4.79 Å². The molecule has 108 valence electrons. The van der Waals surface area contributed by atoms with Crippen molar-refractivity contribution in [3.05, 3.63) is 34.7 Å². The van der Waals surface area contributed by atoms with Crippen molar-refractivity contribution in [2.45, 2.75) is 17.2 Å². The third-order valence-corrected chi connectivity index (χ3v) is 5.79. The summed E-state index contributed by atoms with van der Waals surface area (Å²) in [6.45, 7) is 1.89. The SMILES string of the molecule is CSc1sc(C(=O)O)cc1-c1cccc2c1C(C)OB2O. The third kappa shape index (κ3) is 2.40. The number of carbonyl (C=O) groups is 1. The van der Waals surface area contributed by atoms with Crippen LogP contribution in [0.2, 0.25) is 0 Å². The molecule has 1 aromatic carbocycles. The van der Waals surface area contributed by atoms with Crippen molar-refractivity contribution in [3.8, 4) is 11.1 Å². The average Bonchev–Trinajstić information content (AvgIpc) is 3.01. The van der Waals surface area contributed by atoms with E-state index in [4.69, 9.17) is 4.65 Å². The predicted molar refractivity (Wildman–Crippen MR) is 85.6 cm³/mol. The number of hydrogen-bond acceptors (Lipinski definition) is 5. The summed E-state index contributed by atoms with van der Waals surface area (Å²) in [6.07, 6.45) is 1.72. The quantitative estimate of drug-likeness (QED) is 0.672. The second kappa shape index (κ2) is 5.49. The summed E-state index contributed by atoms with van der Waals surface area (Å²) >= 11 is 2.80. The van der Waals surface area contributed by atoms with Crippen molar-refractivity contribution in [1.82, 2.24) is 0 Å². The van der Waals surface area contributed by atoms with E-state index in [-0.39, 0.29) is 6.10 Å². The molecule has 2 N–H and O–H groups in total. The maximum Gasteiger partial charge on any atom is 0.491 e. The number of hydrogen-bond donors (Lipinski definition) is 2. The number of rotatable bonds is 3. The van der Waals surface area contributed by atoms with Crippen molar-refractivity contribution >= 4 is 41.6 Å². The molecule has 0 bridgehead atoms. The first-order valence-electron chi connectivity index (χ1n) is 6.40. The van der Waals surface area contributed by atoms with E-state index in [0.29, 0.717) is 4.88 Å². The monoisotopic (exact) mass is 320 g/mol. The van der Waals surface area contributed by atoms with Crippen LogP contribution in [0.25, 0.3) is 11.1 Å². The van der Waals surface area contributed by atoms with E-state index in [9.17, 15) is 14.9 Å². The van der Waals surface area contributed by atoms with Gasteiger partial charge in [-0.05, 0) is 35.8 Å². The molecule has 0 saturated heterocycles. The first kappa shape index (κ1) is 14.7. The smallest absolute Gasteiger partial charge is 0.477 e. The minimum Gasteiger partial charge on any atom is -0.477 e. The second-order valence-corrected chi connectivity index (χ2v) is 6.89. The topological polar surface area (TPSA) is 66.8 Å². The predicted octanol–water partition coefficient (Wildman–Crippen LogP) is 2.61. The maximum atomic E-state index is 11.2. The molecule has 0 radical (unpaired) electrons. The largest absolute Gasteiger partial charge is 0.491 e. The lowest BCUT2D eigenvalue weighted by molar-refractivity contribution is 0.0702. The molecule has 1 unspecified atom stereocenters. The van der Waals surface area contributed by atoms with Gasteiger partial charge in [0.15, 0.2) is 0 Å². The number of carboxylic acid groups (broad SMARTS) is 1. The molecule has 1 atom stereocenters. The highest BCUT2D eigenvalue weighted by atomic mass is 32.2. The molecular weight excluding hydrogens is 307 g/mol. The van der Waals surface area contributed by atoms with E-state index in [1.54, 1.807) is 6.07 Å². The first-order chi connectivity index (χ1) is 10.0. The van der Waals surface area contributed by atoms with E-state index in [2.05, 4.69) is 0 Å². The molecule has 1 aliphatic rings. The molecule has 1 aliphatic heterocycles. The molecule has 3 rings (SSSR count). The Morgan fingerprint density at radius 1 is 1.43 bits per heavy atom. The second-order valence-electron chi connectivity index (χ2n) is 4.76. The summed E-state index contributed by atoms with van der Waals surface area (Å²) in [5.74, 6) is -0.918. The molecule has 0 amide bonds. The van der Waals surface area contributed by atoms with Gasteiger partial charge in [-0.2, -0.15) is 0 Å². The summed E-state index contributed by atoms with van der Waals surface area (Å²) in [4.78, 5) is 11.5. The van der Waals surface area contributed by atoms with Crippen molar-refractivity contribution in [2.75, 3.05) is 6.26 Å². The molecule has 2 aromatic rings. The van der Waals surface area contributed by atoms with Crippen molar-refractivity contribution < 1.29 is 19.6 Å². The number of thioether (sulfide) groups is 1. The zero-order chi connectivity index (χ0) is 15.1. The summed E-state index contributed by atoms with van der Waals surface area (Å²) in [5.41, 5.74) is 3.53. The molecule has 0 saturated carbocycles. The zero-order valence-electron chi connectivity index (χ0n) is 11.5. The normalized spacial score (nSPS) is 17.1. The van der Waals surface area contributed by atoms with E-state index >= 15 is 0 Å². The van der Waals surface area contributed by atoms with Crippen LogP contribution >= 0.6 is 23.1 Å². The van der Waals surface area contributed by atoms with Gasteiger partial charge in [0.05, 0.1) is 10.3 Å². The number of benzene rings is 1. The lowest BCUT2D eigenvalue weighted by Crippen LogP contribution is -2.27. The summed E-state index contributed by atoms with van der Waals surface area (Å²) in [7, 11) is -0.912. The molecule has 4 nitrogen and oxygen atoms in total. The van der Waals surface area contributed by atoms with Crippen LogP contribution in [0.4, 0.5) is 0 Å². The molecule has 0 aliphatic carbocycles. The van der Waals surface area contributed by atoms with E-state index in [0.717, 1.165) is 26.4 Å². The maximum absolute atomic E-state index is 11.2. The highest BCUT2D eigenvalue weighted by Crippen LogP contribution is 2.41. The van der Waals surface area contributed by atoms with Crippen LogP contribution in [-0.4, -0.2) is 29.5 Å².